The Morgan fingerprint density at radius 3 is 2.35 bits per heavy atom. The van der Waals surface area contributed by atoms with Crippen LogP contribution in [0.15, 0.2) is 60.9 Å². The number of aromatic nitrogens is 2. The quantitative estimate of drug-likeness (QED) is 0.402. The topological polar surface area (TPSA) is 81.7 Å². The molecule has 0 fully saturated rings. The number of amides is 2. The highest BCUT2D eigenvalue weighted by Crippen LogP contribution is 2.27. The van der Waals surface area contributed by atoms with E-state index in [9.17, 15) is 9.59 Å². The molecule has 0 atom stereocenters. The van der Waals surface area contributed by atoms with Gasteiger partial charge in [-0.05, 0) is 42.2 Å². The van der Waals surface area contributed by atoms with Gasteiger partial charge in [-0.3, -0.25) is 14.6 Å². The van der Waals surface area contributed by atoms with E-state index in [0.717, 1.165) is 36.1 Å². The number of likely N-dealkylation sites (N-methyl/N-ethyl adjacent to an activating group) is 1. The van der Waals surface area contributed by atoms with Crippen molar-refractivity contribution in [2.45, 2.75) is 46.2 Å². The predicted octanol–water partition coefficient (Wildman–Crippen LogP) is 3.95. The van der Waals surface area contributed by atoms with Crippen LogP contribution >= 0.6 is 0 Å². The number of nitrogens with one attached hydrogen (secondary N) is 1. The van der Waals surface area contributed by atoms with Crippen molar-refractivity contribution in [2.24, 2.45) is 0 Å². The Morgan fingerprint density at radius 2 is 1.68 bits per heavy atom. The van der Waals surface area contributed by atoms with Gasteiger partial charge in [0.25, 0.3) is 5.91 Å². The SMILES string of the molecule is CCCCCNC(=O)CN(CC(=O)N(C)N1Cc2ccccc2C1)c1cc(-c2ncccn2)ccc1C. The molecule has 37 heavy (non-hydrogen) atoms. The molecule has 1 N–H and O–H groups in total. The van der Waals surface area contributed by atoms with Crippen molar-refractivity contribution in [3.05, 3.63) is 77.6 Å². The summed E-state index contributed by atoms with van der Waals surface area (Å²) in [5.41, 5.74) is 5.10. The Bertz CT molecular complexity index is 1190. The summed E-state index contributed by atoms with van der Waals surface area (Å²) < 4.78 is 0. The summed E-state index contributed by atoms with van der Waals surface area (Å²) in [6.45, 7) is 6.31. The van der Waals surface area contributed by atoms with Gasteiger partial charge in [0.05, 0.1) is 13.1 Å². The molecule has 8 nitrogen and oxygen atoms in total. The molecule has 4 rings (SSSR count). The molecular weight excluding hydrogens is 464 g/mol. The Kier molecular flexibility index (Phi) is 8.85. The molecule has 1 aromatic heterocycles. The van der Waals surface area contributed by atoms with Crippen LogP contribution in [0.5, 0.6) is 0 Å². The largest absolute Gasteiger partial charge is 0.355 e. The number of unbranched alkanes of at least 4 members (excludes halogenated alkanes) is 2. The fourth-order valence-corrected chi connectivity index (χ4v) is 4.55. The van der Waals surface area contributed by atoms with E-state index in [0.29, 0.717) is 25.5 Å². The lowest BCUT2D eigenvalue weighted by atomic mass is 10.1. The fourth-order valence-electron chi connectivity index (χ4n) is 4.55. The van der Waals surface area contributed by atoms with Crippen LogP contribution < -0.4 is 10.2 Å². The number of carbonyl (C=O) groups excluding carboxylic acids is 2. The molecule has 2 aromatic carbocycles. The molecule has 1 aliphatic heterocycles. The first-order chi connectivity index (χ1) is 18.0. The third-order valence-corrected chi connectivity index (χ3v) is 6.75. The van der Waals surface area contributed by atoms with Crippen molar-refractivity contribution in [1.82, 2.24) is 25.3 Å². The second-order valence-electron chi connectivity index (χ2n) is 9.50. The van der Waals surface area contributed by atoms with Crippen LogP contribution in [0.4, 0.5) is 5.69 Å². The van der Waals surface area contributed by atoms with Gasteiger partial charge in [-0.25, -0.2) is 15.0 Å². The molecule has 0 saturated heterocycles. The number of hydrogen-bond donors (Lipinski definition) is 1. The summed E-state index contributed by atoms with van der Waals surface area (Å²) in [6.07, 6.45) is 6.52. The van der Waals surface area contributed by atoms with Crippen LogP contribution in [0.2, 0.25) is 0 Å². The first kappa shape index (κ1) is 26.3. The summed E-state index contributed by atoms with van der Waals surface area (Å²) in [5, 5.41) is 6.74. The van der Waals surface area contributed by atoms with Crippen LogP contribution in [-0.4, -0.2) is 58.5 Å². The van der Waals surface area contributed by atoms with Crippen molar-refractivity contribution >= 4 is 17.5 Å². The molecule has 0 unspecified atom stereocenters. The van der Waals surface area contributed by atoms with Crippen molar-refractivity contribution in [3.8, 4) is 11.4 Å². The molecule has 0 spiro atoms. The summed E-state index contributed by atoms with van der Waals surface area (Å²) in [5.74, 6) is 0.430. The molecule has 8 heteroatoms. The third kappa shape index (κ3) is 6.71. The van der Waals surface area contributed by atoms with Gasteiger partial charge in [-0.15, -0.1) is 0 Å². The van der Waals surface area contributed by atoms with Crippen LogP contribution in [0, 0.1) is 6.92 Å². The number of carbonyl (C=O) groups is 2. The van der Waals surface area contributed by atoms with Crippen molar-refractivity contribution in [2.75, 3.05) is 31.6 Å². The monoisotopic (exact) mass is 500 g/mol. The molecule has 0 radical (unpaired) electrons. The van der Waals surface area contributed by atoms with Crippen LogP contribution in [0.3, 0.4) is 0 Å². The Labute approximate surface area is 219 Å². The second kappa shape index (κ2) is 12.5. The highest BCUT2D eigenvalue weighted by Gasteiger charge is 2.27. The number of hydrazine groups is 1. The van der Waals surface area contributed by atoms with Gasteiger partial charge in [0.1, 0.15) is 0 Å². The summed E-state index contributed by atoms with van der Waals surface area (Å²) >= 11 is 0. The lowest BCUT2D eigenvalue weighted by Gasteiger charge is -2.32. The number of anilines is 1. The number of nitrogens with zero attached hydrogens (tertiary/aromatic N) is 5. The highest BCUT2D eigenvalue weighted by molar-refractivity contribution is 5.87. The molecule has 194 valence electrons. The minimum Gasteiger partial charge on any atom is -0.355 e. The van der Waals surface area contributed by atoms with Gasteiger partial charge in [0.2, 0.25) is 5.91 Å². The van der Waals surface area contributed by atoms with Gasteiger partial charge >= 0.3 is 0 Å². The lowest BCUT2D eigenvalue weighted by Crippen LogP contribution is -2.48. The molecule has 0 bridgehead atoms. The smallest absolute Gasteiger partial charge is 0.256 e. The maximum atomic E-state index is 13.5. The van der Waals surface area contributed by atoms with Crippen LogP contribution in [0.25, 0.3) is 11.4 Å². The van der Waals surface area contributed by atoms with Gasteiger partial charge in [-0.1, -0.05) is 56.2 Å². The van der Waals surface area contributed by atoms with E-state index in [-0.39, 0.29) is 24.9 Å². The van der Waals surface area contributed by atoms with Crippen molar-refractivity contribution in [1.29, 1.82) is 0 Å². The summed E-state index contributed by atoms with van der Waals surface area (Å²) in [6, 6.07) is 15.9. The van der Waals surface area contributed by atoms with E-state index in [1.807, 2.05) is 47.2 Å². The number of aryl methyl sites for hydroxylation is 1. The molecule has 0 aliphatic carbocycles. The van der Waals surface area contributed by atoms with E-state index in [4.69, 9.17) is 0 Å². The zero-order valence-electron chi connectivity index (χ0n) is 22.0. The number of fused-ring (bicyclic) bond motifs is 1. The molecular formula is C29H36N6O2. The van der Waals surface area contributed by atoms with Gasteiger partial charge in [0.15, 0.2) is 5.82 Å². The molecule has 1 aliphatic rings. The first-order valence-electron chi connectivity index (χ1n) is 12.9. The number of benzene rings is 2. The Hall–Kier alpha value is -3.78. The maximum absolute atomic E-state index is 13.5. The maximum Gasteiger partial charge on any atom is 0.256 e. The van der Waals surface area contributed by atoms with E-state index < -0.39 is 0 Å². The normalized spacial score (nSPS) is 12.7. The standard InChI is InChI=1S/C29H36N6O2/c1-4-5-8-14-30-27(36)20-34(26-17-23(13-12-22(26)2)29-31-15-9-16-32-29)21-28(37)33(3)35-18-24-10-6-7-11-25(24)19-35/h6-7,9-13,15-17H,4-5,8,14,18-21H2,1-3H3,(H,30,36). The summed E-state index contributed by atoms with van der Waals surface area (Å²) in [4.78, 5) is 37.0. The Morgan fingerprint density at radius 1 is 0.973 bits per heavy atom. The summed E-state index contributed by atoms with van der Waals surface area (Å²) in [7, 11) is 1.80. The van der Waals surface area contributed by atoms with Crippen LogP contribution in [0.1, 0.15) is 42.9 Å². The Balaban J connectivity index is 1.53. The second-order valence-corrected chi connectivity index (χ2v) is 9.50. The molecule has 2 heterocycles. The van der Waals surface area contributed by atoms with E-state index in [2.05, 4.69) is 34.3 Å². The first-order valence-corrected chi connectivity index (χ1v) is 12.9. The zero-order valence-corrected chi connectivity index (χ0v) is 22.0. The van der Waals surface area contributed by atoms with Crippen molar-refractivity contribution < 1.29 is 9.59 Å². The minimum absolute atomic E-state index is 0.0751. The lowest BCUT2D eigenvalue weighted by molar-refractivity contribution is -0.145. The van der Waals surface area contributed by atoms with Crippen LogP contribution in [-0.2, 0) is 22.7 Å². The number of hydrogen-bond acceptors (Lipinski definition) is 6. The van der Waals surface area contributed by atoms with E-state index >= 15 is 0 Å². The highest BCUT2D eigenvalue weighted by atomic mass is 16.2. The minimum atomic E-state index is -0.0964. The van der Waals surface area contributed by atoms with E-state index in [1.54, 1.807) is 30.5 Å². The average molecular weight is 501 g/mol. The molecule has 0 saturated carbocycles. The molecule has 2 amide bonds. The average Bonchev–Trinajstić information content (AvgIpc) is 3.35. The zero-order chi connectivity index (χ0) is 26.2. The van der Waals surface area contributed by atoms with Gasteiger partial charge < -0.3 is 10.2 Å². The predicted molar refractivity (Wildman–Crippen MR) is 145 cm³/mol. The number of rotatable bonds is 11. The third-order valence-electron chi connectivity index (χ3n) is 6.75. The van der Waals surface area contributed by atoms with E-state index in [1.165, 1.54) is 11.1 Å². The van der Waals surface area contributed by atoms with Gasteiger partial charge in [-0.2, -0.15) is 0 Å². The fraction of sp³-hybridized carbons (Fsp3) is 0.379. The van der Waals surface area contributed by atoms with Gasteiger partial charge in [0, 0.05) is 50.3 Å². The van der Waals surface area contributed by atoms with Crippen molar-refractivity contribution in [3.63, 3.8) is 0 Å². The molecule has 3 aromatic rings.